The molecule has 0 aliphatic heterocycles. The van der Waals surface area contributed by atoms with Crippen LogP contribution in [0.2, 0.25) is 0 Å². The maximum Gasteiger partial charge on any atom is 0.0597 e. The summed E-state index contributed by atoms with van der Waals surface area (Å²) in [7, 11) is 3.72. The molecule has 4 heteroatoms. The van der Waals surface area contributed by atoms with Crippen LogP contribution in [0, 0.1) is 0 Å². The van der Waals surface area contributed by atoms with Crippen LogP contribution in [0.25, 0.3) is 0 Å². The fourth-order valence-corrected chi connectivity index (χ4v) is 1.19. The van der Waals surface area contributed by atoms with Crippen molar-refractivity contribution in [1.82, 2.24) is 10.2 Å². The molecule has 0 aliphatic rings. The number of aliphatic hydroxyl groups excluding tert-OH is 1. The lowest BCUT2D eigenvalue weighted by atomic mass is 10.3. The van der Waals surface area contributed by atoms with E-state index in [1.165, 1.54) is 0 Å². The van der Waals surface area contributed by atoms with Gasteiger partial charge in [0.2, 0.25) is 0 Å². The van der Waals surface area contributed by atoms with Crippen molar-refractivity contribution in [2.75, 3.05) is 47.0 Å². The summed E-state index contributed by atoms with van der Waals surface area (Å²) in [5.74, 6) is 0. The van der Waals surface area contributed by atoms with Crippen LogP contribution in [0.3, 0.4) is 0 Å². The summed E-state index contributed by atoms with van der Waals surface area (Å²) >= 11 is 0. The lowest BCUT2D eigenvalue weighted by Crippen LogP contribution is -2.42. The van der Waals surface area contributed by atoms with E-state index < -0.39 is 0 Å². The van der Waals surface area contributed by atoms with Crippen molar-refractivity contribution in [3.05, 3.63) is 0 Å². The van der Waals surface area contributed by atoms with Gasteiger partial charge in [-0.2, -0.15) is 0 Å². The number of aliphatic hydroxyl groups is 1. The molecule has 0 spiro atoms. The first kappa shape index (κ1) is 12.8. The molecule has 0 aromatic rings. The number of rotatable bonds is 8. The molecule has 0 aliphatic carbocycles. The van der Waals surface area contributed by atoms with Crippen LogP contribution in [0.4, 0.5) is 0 Å². The number of nitrogens with zero attached hydrogens (tertiary/aromatic N) is 1. The van der Waals surface area contributed by atoms with Crippen LogP contribution >= 0.6 is 0 Å². The molecule has 0 bridgehead atoms. The molecule has 0 heterocycles. The Morgan fingerprint density at radius 1 is 1.54 bits per heavy atom. The molecule has 1 atom stereocenters. The molecule has 13 heavy (non-hydrogen) atoms. The van der Waals surface area contributed by atoms with Crippen LogP contribution in [-0.4, -0.2) is 63.1 Å². The number of methoxy groups -OCH3 is 1. The Bertz CT molecular complexity index is 112. The minimum absolute atomic E-state index is 0.173. The Labute approximate surface area is 80.9 Å². The maximum absolute atomic E-state index is 9.01. The van der Waals surface area contributed by atoms with Crippen molar-refractivity contribution in [3.63, 3.8) is 0 Å². The smallest absolute Gasteiger partial charge is 0.0597 e. The highest BCUT2D eigenvalue weighted by Crippen LogP contribution is 1.88. The van der Waals surface area contributed by atoms with Crippen LogP contribution in [0.5, 0.6) is 0 Å². The zero-order valence-corrected chi connectivity index (χ0v) is 8.92. The molecule has 0 amide bonds. The lowest BCUT2D eigenvalue weighted by Gasteiger charge is -2.22. The molecule has 0 radical (unpaired) electrons. The van der Waals surface area contributed by atoms with Gasteiger partial charge in [0.15, 0.2) is 0 Å². The summed E-state index contributed by atoms with van der Waals surface area (Å²) < 4.78 is 4.96. The fraction of sp³-hybridized carbons (Fsp3) is 1.00. The number of hydrogen-bond donors (Lipinski definition) is 2. The second kappa shape index (κ2) is 8.44. The number of hydrogen-bond acceptors (Lipinski definition) is 4. The second-order valence-electron chi connectivity index (χ2n) is 3.19. The average molecular weight is 190 g/mol. The summed E-state index contributed by atoms with van der Waals surface area (Å²) in [5.41, 5.74) is 0. The Morgan fingerprint density at radius 2 is 2.23 bits per heavy atom. The van der Waals surface area contributed by atoms with E-state index in [2.05, 4.69) is 10.2 Å². The molecule has 0 saturated heterocycles. The zero-order valence-electron chi connectivity index (χ0n) is 8.92. The van der Waals surface area contributed by atoms with E-state index in [4.69, 9.17) is 9.84 Å². The monoisotopic (exact) mass is 190 g/mol. The van der Waals surface area contributed by atoms with Gasteiger partial charge in [-0.1, -0.05) is 6.92 Å². The maximum atomic E-state index is 9.01. The zero-order chi connectivity index (χ0) is 10.1. The summed E-state index contributed by atoms with van der Waals surface area (Å²) in [6.45, 7) is 5.61. The van der Waals surface area contributed by atoms with E-state index in [0.29, 0.717) is 0 Å². The first-order chi connectivity index (χ1) is 6.24. The summed E-state index contributed by atoms with van der Waals surface area (Å²) in [6.07, 6.45) is 0. The van der Waals surface area contributed by atoms with Crippen molar-refractivity contribution >= 4 is 0 Å². The fourth-order valence-electron chi connectivity index (χ4n) is 1.19. The van der Waals surface area contributed by atoms with E-state index >= 15 is 0 Å². The van der Waals surface area contributed by atoms with E-state index in [-0.39, 0.29) is 12.6 Å². The quantitative estimate of drug-likeness (QED) is 0.543. The van der Waals surface area contributed by atoms with Crippen LogP contribution in [-0.2, 0) is 4.74 Å². The molecule has 4 nitrogen and oxygen atoms in total. The Balaban J connectivity index is 3.53. The van der Waals surface area contributed by atoms with Gasteiger partial charge >= 0.3 is 0 Å². The van der Waals surface area contributed by atoms with Crippen LogP contribution in [0.15, 0.2) is 0 Å². The van der Waals surface area contributed by atoms with Crippen molar-refractivity contribution in [2.45, 2.75) is 13.0 Å². The number of likely N-dealkylation sites (N-methyl/N-ethyl adjacent to an activating group) is 2. The van der Waals surface area contributed by atoms with Crippen molar-refractivity contribution in [2.24, 2.45) is 0 Å². The van der Waals surface area contributed by atoms with Crippen molar-refractivity contribution in [1.29, 1.82) is 0 Å². The van der Waals surface area contributed by atoms with Gasteiger partial charge < -0.3 is 20.1 Å². The van der Waals surface area contributed by atoms with Gasteiger partial charge in [0.05, 0.1) is 13.2 Å². The van der Waals surface area contributed by atoms with Crippen molar-refractivity contribution < 1.29 is 9.84 Å². The van der Waals surface area contributed by atoms with E-state index in [0.717, 1.165) is 26.2 Å². The third-order valence-electron chi connectivity index (χ3n) is 1.92. The molecular weight excluding hydrogens is 168 g/mol. The molecule has 0 saturated carbocycles. The molecule has 0 fully saturated rings. The van der Waals surface area contributed by atoms with Gasteiger partial charge in [-0.15, -0.1) is 0 Å². The van der Waals surface area contributed by atoms with E-state index in [1.807, 2.05) is 14.0 Å². The Kier molecular flexibility index (Phi) is 8.33. The standard InChI is InChI=1S/C9H22N2O2/c1-4-10-9(8-12)7-11(2)5-6-13-3/h9-10,12H,4-8H2,1-3H3. The molecule has 0 aromatic heterocycles. The summed E-state index contributed by atoms with van der Waals surface area (Å²) in [4.78, 5) is 2.15. The van der Waals surface area contributed by atoms with Gasteiger partial charge in [-0.05, 0) is 13.6 Å². The van der Waals surface area contributed by atoms with Gasteiger partial charge in [-0.3, -0.25) is 0 Å². The van der Waals surface area contributed by atoms with E-state index in [9.17, 15) is 0 Å². The number of nitrogens with one attached hydrogen (secondary N) is 1. The highest BCUT2D eigenvalue weighted by Gasteiger charge is 2.08. The molecule has 0 rings (SSSR count). The molecular formula is C9H22N2O2. The normalized spacial score (nSPS) is 13.6. The van der Waals surface area contributed by atoms with Crippen LogP contribution in [0.1, 0.15) is 6.92 Å². The third-order valence-corrected chi connectivity index (χ3v) is 1.92. The third kappa shape index (κ3) is 6.95. The van der Waals surface area contributed by atoms with Gasteiger partial charge in [0, 0.05) is 26.2 Å². The predicted molar refractivity (Wildman–Crippen MR) is 53.9 cm³/mol. The van der Waals surface area contributed by atoms with Crippen LogP contribution < -0.4 is 5.32 Å². The Morgan fingerprint density at radius 3 is 2.69 bits per heavy atom. The molecule has 80 valence electrons. The predicted octanol–water partition coefficient (Wildman–Crippen LogP) is -0.465. The largest absolute Gasteiger partial charge is 0.395 e. The first-order valence-electron chi connectivity index (χ1n) is 4.76. The topological polar surface area (TPSA) is 44.7 Å². The average Bonchev–Trinajstić information content (AvgIpc) is 2.14. The van der Waals surface area contributed by atoms with Gasteiger partial charge in [-0.25, -0.2) is 0 Å². The highest BCUT2D eigenvalue weighted by molar-refractivity contribution is 4.68. The first-order valence-corrected chi connectivity index (χ1v) is 4.76. The van der Waals surface area contributed by atoms with Crippen molar-refractivity contribution in [3.8, 4) is 0 Å². The van der Waals surface area contributed by atoms with Gasteiger partial charge in [0.1, 0.15) is 0 Å². The summed E-state index contributed by atoms with van der Waals surface area (Å²) in [5, 5.41) is 12.2. The highest BCUT2D eigenvalue weighted by atomic mass is 16.5. The minimum atomic E-state index is 0.173. The van der Waals surface area contributed by atoms with Gasteiger partial charge in [0.25, 0.3) is 0 Å². The SMILES string of the molecule is CCNC(CO)CN(C)CCOC. The number of ether oxygens (including phenoxy) is 1. The summed E-state index contributed by atoms with van der Waals surface area (Å²) in [6, 6.07) is 0.173. The molecule has 2 N–H and O–H groups in total. The molecule has 0 aromatic carbocycles. The second-order valence-corrected chi connectivity index (χ2v) is 3.19. The lowest BCUT2D eigenvalue weighted by molar-refractivity contribution is 0.144. The minimum Gasteiger partial charge on any atom is -0.395 e. The van der Waals surface area contributed by atoms with E-state index in [1.54, 1.807) is 7.11 Å². The molecule has 1 unspecified atom stereocenters. The Hall–Kier alpha value is -0.160.